The van der Waals surface area contributed by atoms with Gasteiger partial charge in [0, 0.05) is 5.56 Å². The second-order valence-electron chi connectivity index (χ2n) is 5.53. The van der Waals surface area contributed by atoms with Gasteiger partial charge in [-0.05, 0) is 29.5 Å². The zero-order valence-corrected chi connectivity index (χ0v) is 14.6. The molecule has 0 aliphatic rings. The minimum atomic E-state index is -0.547. The highest BCUT2D eigenvalue weighted by Crippen LogP contribution is 2.12. The third kappa shape index (κ3) is 5.12. The molecule has 0 radical (unpaired) electrons. The molecule has 2 aromatic carbocycles. The molecule has 0 saturated carbocycles. The number of rotatable bonds is 6. The summed E-state index contributed by atoms with van der Waals surface area (Å²) in [5.74, 6) is -0.244. The van der Waals surface area contributed by atoms with E-state index in [4.69, 9.17) is 10.00 Å². The van der Waals surface area contributed by atoms with E-state index in [1.165, 1.54) is 0 Å². The number of hydrazine groups is 1. The average molecular weight is 377 g/mol. The third-order valence-electron chi connectivity index (χ3n) is 3.46. The van der Waals surface area contributed by atoms with Crippen LogP contribution >= 0.6 is 0 Å². The number of ether oxygens (including phenoxy) is 1. The maximum atomic E-state index is 11.9. The topological polar surface area (TPSA) is 135 Å². The summed E-state index contributed by atoms with van der Waals surface area (Å²) < 4.78 is 5.26. The first kappa shape index (κ1) is 18.5. The molecule has 10 nitrogen and oxygen atoms in total. The van der Waals surface area contributed by atoms with E-state index in [-0.39, 0.29) is 13.2 Å². The number of carbonyl (C=O) groups excluding carboxylic acids is 2. The minimum Gasteiger partial charge on any atom is -0.484 e. The summed E-state index contributed by atoms with van der Waals surface area (Å²) in [6.07, 6.45) is 0. The second-order valence-corrected chi connectivity index (χ2v) is 5.53. The van der Waals surface area contributed by atoms with Crippen molar-refractivity contribution in [3.63, 3.8) is 0 Å². The molecule has 0 bridgehead atoms. The summed E-state index contributed by atoms with van der Waals surface area (Å²) in [7, 11) is 0. The molecular weight excluding hydrogens is 362 g/mol. The van der Waals surface area contributed by atoms with Crippen LogP contribution in [-0.2, 0) is 16.1 Å². The number of aromatic nitrogens is 4. The highest BCUT2D eigenvalue weighted by Gasteiger charge is 2.10. The van der Waals surface area contributed by atoms with Crippen LogP contribution in [0.15, 0.2) is 54.6 Å². The highest BCUT2D eigenvalue weighted by atomic mass is 16.5. The van der Waals surface area contributed by atoms with Crippen molar-refractivity contribution in [2.24, 2.45) is 0 Å². The Labute approximate surface area is 159 Å². The van der Waals surface area contributed by atoms with Crippen molar-refractivity contribution in [3.8, 4) is 23.2 Å². The lowest BCUT2D eigenvalue weighted by molar-refractivity contribution is -0.130. The average Bonchev–Trinajstić information content (AvgIpc) is 3.20. The third-order valence-corrected chi connectivity index (χ3v) is 3.46. The molecule has 0 unspecified atom stereocenters. The molecule has 0 fully saturated rings. The van der Waals surface area contributed by atoms with Crippen LogP contribution in [0.4, 0.5) is 0 Å². The number of nitriles is 1. The van der Waals surface area contributed by atoms with Gasteiger partial charge in [-0.1, -0.05) is 30.3 Å². The van der Waals surface area contributed by atoms with Gasteiger partial charge >= 0.3 is 0 Å². The first-order chi connectivity index (χ1) is 13.6. The monoisotopic (exact) mass is 377 g/mol. The lowest BCUT2D eigenvalue weighted by Crippen LogP contribution is -2.45. The van der Waals surface area contributed by atoms with Crippen molar-refractivity contribution in [3.05, 3.63) is 60.2 Å². The van der Waals surface area contributed by atoms with Gasteiger partial charge in [0.1, 0.15) is 12.3 Å². The summed E-state index contributed by atoms with van der Waals surface area (Å²) in [4.78, 5) is 24.7. The van der Waals surface area contributed by atoms with Crippen molar-refractivity contribution in [1.82, 2.24) is 31.1 Å². The van der Waals surface area contributed by atoms with Crippen LogP contribution in [0.1, 0.15) is 5.56 Å². The summed E-state index contributed by atoms with van der Waals surface area (Å²) in [6, 6.07) is 17.5. The summed E-state index contributed by atoms with van der Waals surface area (Å²) in [5.41, 5.74) is 5.74. The number of amides is 2. The number of hydrogen-bond donors (Lipinski definition) is 2. The Morgan fingerprint density at radius 1 is 1.04 bits per heavy atom. The van der Waals surface area contributed by atoms with Gasteiger partial charge in [-0.2, -0.15) is 10.1 Å². The van der Waals surface area contributed by atoms with Crippen LogP contribution in [0.5, 0.6) is 5.75 Å². The fourth-order valence-corrected chi connectivity index (χ4v) is 2.13. The fraction of sp³-hybridized carbons (Fsp3) is 0.111. The van der Waals surface area contributed by atoms with E-state index in [0.717, 1.165) is 10.4 Å². The zero-order valence-electron chi connectivity index (χ0n) is 14.6. The highest BCUT2D eigenvalue weighted by molar-refractivity contribution is 5.82. The zero-order chi connectivity index (χ0) is 19.8. The van der Waals surface area contributed by atoms with E-state index in [2.05, 4.69) is 26.3 Å². The van der Waals surface area contributed by atoms with Gasteiger partial charge in [0.05, 0.1) is 11.6 Å². The molecule has 0 spiro atoms. The number of tetrazole rings is 1. The lowest BCUT2D eigenvalue weighted by Gasteiger charge is -2.08. The Morgan fingerprint density at radius 2 is 1.75 bits per heavy atom. The number of nitrogens with zero attached hydrogens (tertiary/aromatic N) is 5. The summed E-state index contributed by atoms with van der Waals surface area (Å²) >= 11 is 0. The SMILES string of the molecule is N#Cc1ccc(OCC(=O)NNC(=O)Cn2nnc(-c3ccccc3)n2)cc1. The van der Waals surface area contributed by atoms with Crippen LogP contribution in [0.2, 0.25) is 0 Å². The Balaban J connectivity index is 1.42. The first-order valence-electron chi connectivity index (χ1n) is 8.18. The molecule has 28 heavy (non-hydrogen) atoms. The van der Waals surface area contributed by atoms with Crippen LogP contribution in [-0.4, -0.2) is 38.6 Å². The molecule has 2 N–H and O–H groups in total. The predicted octanol–water partition coefficient (Wildman–Crippen LogP) is 0.438. The van der Waals surface area contributed by atoms with E-state index >= 15 is 0 Å². The molecule has 0 aliphatic carbocycles. The Hall–Kier alpha value is -4.26. The van der Waals surface area contributed by atoms with Gasteiger partial charge in [-0.3, -0.25) is 20.4 Å². The number of benzene rings is 2. The van der Waals surface area contributed by atoms with E-state index < -0.39 is 11.8 Å². The Bertz CT molecular complexity index is 994. The first-order valence-corrected chi connectivity index (χ1v) is 8.18. The van der Waals surface area contributed by atoms with Crippen LogP contribution in [0, 0.1) is 11.3 Å². The smallest absolute Gasteiger partial charge is 0.276 e. The molecular formula is C18H15N7O3. The van der Waals surface area contributed by atoms with Gasteiger partial charge in [-0.25, -0.2) is 0 Å². The predicted molar refractivity (Wildman–Crippen MR) is 96.2 cm³/mol. The molecule has 3 aromatic rings. The Kier molecular flexibility index (Phi) is 5.89. The van der Waals surface area contributed by atoms with Crippen molar-refractivity contribution in [2.45, 2.75) is 6.54 Å². The standard InChI is InChI=1S/C18H15N7O3/c19-10-13-6-8-15(9-7-13)28-12-17(27)21-20-16(26)11-25-23-18(22-24-25)14-4-2-1-3-5-14/h1-9H,11-12H2,(H,20,26)(H,21,27). The molecule has 3 rings (SSSR count). The normalized spacial score (nSPS) is 9.96. The largest absolute Gasteiger partial charge is 0.484 e. The van der Waals surface area contributed by atoms with Crippen molar-refractivity contribution in [2.75, 3.05) is 6.61 Å². The van der Waals surface area contributed by atoms with E-state index in [1.54, 1.807) is 24.3 Å². The maximum absolute atomic E-state index is 11.9. The molecule has 0 saturated heterocycles. The van der Waals surface area contributed by atoms with Crippen molar-refractivity contribution < 1.29 is 14.3 Å². The fourth-order valence-electron chi connectivity index (χ4n) is 2.13. The van der Waals surface area contributed by atoms with Gasteiger partial charge < -0.3 is 4.74 Å². The number of hydrogen-bond acceptors (Lipinski definition) is 7. The summed E-state index contributed by atoms with van der Waals surface area (Å²) in [6.45, 7) is -0.511. The molecule has 2 amide bonds. The molecule has 0 aliphatic heterocycles. The van der Waals surface area contributed by atoms with Crippen LogP contribution in [0.25, 0.3) is 11.4 Å². The number of nitrogens with one attached hydrogen (secondary N) is 2. The Morgan fingerprint density at radius 3 is 2.46 bits per heavy atom. The molecule has 1 aromatic heterocycles. The molecule has 0 atom stereocenters. The van der Waals surface area contributed by atoms with Gasteiger partial charge in [0.25, 0.3) is 11.8 Å². The molecule has 10 heteroatoms. The van der Waals surface area contributed by atoms with Gasteiger partial charge in [0.15, 0.2) is 6.61 Å². The van der Waals surface area contributed by atoms with Crippen LogP contribution < -0.4 is 15.6 Å². The molecule has 1 heterocycles. The van der Waals surface area contributed by atoms with Gasteiger partial charge in [-0.15, -0.1) is 10.2 Å². The maximum Gasteiger partial charge on any atom is 0.276 e. The van der Waals surface area contributed by atoms with E-state index in [1.807, 2.05) is 36.4 Å². The quantitative estimate of drug-likeness (QED) is 0.595. The van der Waals surface area contributed by atoms with E-state index in [0.29, 0.717) is 17.1 Å². The second kappa shape index (κ2) is 8.91. The lowest BCUT2D eigenvalue weighted by atomic mass is 10.2. The van der Waals surface area contributed by atoms with Gasteiger partial charge in [0.2, 0.25) is 5.82 Å². The van der Waals surface area contributed by atoms with E-state index in [9.17, 15) is 9.59 Å². The van der Waals surface area contributed by atoms with Crippen molar-refractivity contribution in [1.29, 1.82) is 5.26 Å². The van der Waals surface area contributed by atoms with Crippen LogP contribution in [0.3, 0.4) is 0 Å². The van der Waals surface area contributed by atoms with Crippen molar-refractivity contribution >= 4 is 11.8 Å². The number of carbonyl (C=O) groups is 2. The summed E-state index contributed by atoms with van der Waals surface area (Å²) in [5, 5.41) is 20.5. The minimum absolute atomic E-state index is 0.212. The molecule has 140 valence electrons.